The van der Waals surface area contributed by atoms with E-state index < -0.39 is 0 Å². The molecule has 1 heterocycles. The molecule has 2 atom stereocenters. The molecule has 0 radical (unpaired) electrons. The van der Waals surface area contributed by atoms with E-state index in [9.17, 15) is 14.4 Å². The first kappa shape index (κ1) is 25.8. The zero-order valence-electron chi connectivity index (χ0n) is 19.2. The monoisotopic (exact) mass is 411 g/mol. The molecule has 29 heavy (non-hydrogen) atoms. The molecule has 0 aromatic heterocycles. The van der Waals surface area contributed by atoms with Gasteiger partial charge in [-0.2, -0.15) is 0 Å². The van der Waals surface area contributed by atoms with Crippen LogP contribution in [0, 0.1) is 5.92 Å². The van der Waals surface area contributed by atoms with Gasteiger partial charge in [-0.25, -0.2) is 0 Å². The first-order valence-corrected chi connectivity index (χ1v) is 11.2. The molecule has 0 aliphatic carbocycles. The largest absolute Gasteiger partial charge is 0.377 e. The fourth-order valence-electron chi connectivity index (χ4n) is 3.54. The number of Topliss-reactive ketones (excluding diaryl/α,β-unsaturated/α-hetero) is 2. The zero-order chi connectivity index (χ0) is 22.0. The van der Waals surface area contributed by atoms with Crippen molar-refractivity contribution in [3.05, 3.63) is 0 Å². The molecule has 1 aliphatic heterocycles. The summed E-state index contributed by atoms with van der Waals surface area (Å²) in [7, 11) is 0. The molecule has 168 valence electrons. The van der Waals surface area contributed by atoms with Gasteiger partial charge in [0.1, 0.15) is 11.6 Å². The van der Waals surface area contributed by atoms with Gasteiger partial charge in [0, 0.05) is 38.1 Å². The quantitative estimate of drug-likeness (QED) is 0.405. The standard InChI is InChI=1S/C23H41NO5/c1-16(2)22(26)12-11-20(25)9-7-8-10-23(27)24-14-21(29-18(5)6)13-19(24)15-28-17(3)4/h16-19,21H,7-15H2,1-6H3/t19-,21+/m0/s1. The van der Waals surface area contributed by atoms with E-state index >= 15 is 0 Å². The average molecular weight is 412 g/mol. The second-order valence-electron chi connectivity index (χ2n) is 8.99. The molecule has 1 fully saturated rings. The summed E-state index contributed by atoms with van der Waals surface area (Å²) in [6.07, 6.45) is 4.03. The molecule has 0 unspecified atom stereocenters. The highest BCUT2D eigenvalue weighted by Gasteiger charge is 2.36. The van der Waals surface area contributed by atoms with E-state index in [0.717, 1.165) is 6.42 Å². The van der Waals surface area contributed by atoms with Gasteiger partial charge in [0.15, 0.2) is 0 Å². The van der Waals surface area contributed by atoms with Crippen LogP contribution in [0.4, 0.5) is 0 Å². The summed E-state index contributed by atoms with van der Waals surface area (Å²) in [5.41, 5.74) is 0. The van der Waals surface area contributed by atoms with Crippen molar-refractivity contribution in [3.8, 4) is 0 Å². The van der Waals surface area contributed by atoms with Crippen molar-refractivity contribution in [1.29, 1.82) is 0 Å². The molecule has 0 N–H and O–H groups in total. The maximum absolute atomic E-state index is 12.8. The van der Waals surface area contributed by atoms with Crippen LogP contribution in [0.1, 0.15) is 86.5 Å². The lowest BCUT2D eigenvalue weighted by Gasteiger charge is -2.25. The van der Waals surface area contributed by atoms with Gasteiger partial charge < -0.3 is 14.4 Å². The second kappa shape index (κ2) is 13.1. The topological polar surface area (TPSA) is 72.9 Å². The van der Waals surface area contributed by atoms with E-state index in [-0.39, 0.29) is 47.7 Å². The summed E-state index contributed by atoms with van der Waals surface area (Å²) in [6.45, 7) is 12.9. The molecule has 1 amide bonds. The summed E-state index contributed by atoms with van der Waals surface area (Å²) >= 11 is 0. The predicted octanol–water partition coefficient (Wildman–Crippen LogP) is 3.94. The number of hydrogen-bond acceptors (Lipinski definition) is 5. The van der Waals surface area contributed by atoms with Crippen LogP contribution in [0.2, 0.25) is 0 Å². The lowest BCUT2D eigenvalue weighted by Crippen LogP contribution is -2.39. The molecule has 1 saturated heterocycles. The van der Waals surface area contributed by atoms with Gasteiger partial charge in [-0.15, -0.1) is 0 Å². The van der Waals surface area contributed by atoms with Crippen molar-refractivity contribution < 1.29 is 23.9 Å². The van der Waals surface area contributed by atoms with Crippen LogP contribution in [0.25, 0.3) is 0 Å². The lowest BCUT2D eigenvalue weighted by atomic mass is 10.0. The molecule has 0 aromatic carbocycles. The minimum Gasteiger partial charge on any atom is -0.377 e. The molecule has 0 aromatic rings. The molecule has 1 aliphatic rings. The van der Waals surface area contributed by atoms with Crippen molar-refractivity contribution in [2.75, 3.05) is 13.2 Å². The van der Waals surface area contributed by atoms with E-state index in [1.807, 2.05) is 46.4 Å². The smallest absolute Gasteiger partial charge is 0.222 e. The third-order valence-corrected chi connectivity index (χ3v) is 5.17. The Labute approximate surface area is 176 Å². The Bertz CT molecular complexity index is 529. The Balaban J connectivity index is 2.39. The maximum atomic E-state index is 12.8. The van der Waals surface area contributed by atoms with Crippen molar-refractivity contribution in [2.45, 2.75) is 111 Å². The highest BCUT2D eigenvalue weighted by Crippen LogP contribution is 2.24. The summed E-state index contributed by atoms with van der Waals surface area (Å²) in [4.78, 5) is 38.2. The first-order valence-electron chi connectivity index (χ1n) is 11.2. The van der Waals surface area contributed by atoms with E-state index in [4.69, 9.17) is 9.47 Å². The van der Waals surface area contributed by atoms with Crippen LogP contribution in [0.3, 0.4) is 0 Å². The van der Waals surface area contributed by atoms with Gasteiger partial charge in [0.2, 0.25) is 5.91 Å². The van der Waals surface area contributed by atoms with Crippen LogP contribution in [-0.2, 0) is 23.9 Å². The molecule has 0 spiro atoms. The zero-order valence-corrected chi connectivity index (χ0v) is 19.2. The maximum Gasteiger partial charge on any atom is 0.222 e. The van der Waals surface area contributed by atoms with Gasteiger partial charge in [0.25, 0.3) is 0 Å². The number of carbonyl (C=O) groups excluding carboxylic acids is 3. The van der Waals surface area contributed by atoms with Crippen molar-refractivity contribution in [2.24, 2.45) is 5.92 Å². The number of amides is 1. The first-order chi connectivity index (χ1) is 13.6. The number of unbranched alkanes of at least 4 members (excludes halogenated alkanes) is 1. The molecule has 0 bridgehead atoms. The van der Waals surface area contributed by atoms with Gasteiger partial charge in [-0.05, 0) is 47.0 Å². The Morgan fingerprint density at radius 2 is 1.55 bits per heavy atom. The van der Waals surface area contributed by atoms with E-state index in [2.05, 4.69) is 0 Å². The number of ketones is 2. The SMILES string of the molecule is CC(C)OC[C@@H]1C[C@@H](OC(C)C)CN1C(=O)CCCCC(=O)CCC(=O)C(C)C. The molecule has 1 rings (SSSR count). The lowest BCUT2D eigenvalue weighted by molar-refractivity contribution is -0.134. The molecule has 6 nitrogen and oxygen atoms in total. The fourth-order valence-corrected chi connectivity index (χ4v) is 3.54. The Morgan fingerprint density at radius 1 is 0.897 bits per heavy atom. The second-order valence-corrected chi connectivity index (χ2v) is 8.99. The summed E-state index contributed by atoms with van der Waals surface area (Å²) < 4.78 is 11.7. The van der Waals surface area contributed by atoms with E-state index in [0.29, 0.717) is 51.7 Å². The molecular weight excluding hydrogens is 370 g/mol. The molecule has 6 heteroatoms. The number of rotatable bonds is 14. The number of carbonyl (C=O) groups is 3. The van der Waals surface area contributed by atoms with Crippen LogP contribution in [0.15, 0.2) is 0 Å². The van der Waals surface area contributed by atoms with Gasteiger partial charge >= 0.3 is 0 Å². The van der Waals surface area contributed by atoms with Crippen molar-refractivity contribution >= 4 is 17.5 Å². The summed E-state index contributed by atoms with van der Waals surface area (Å²) in [6, 6.07) is 0.0531. The highest BCUT2D eigenvalue weighted by atomic mass is 16.5. The third kappa shape index (κ3) is 10.4. The van der Waals surface area contributed by atoms with Gasteiger partial charge in [-0.1, -0.05) is 13.8 Å². The Morgan fingerprint density at radius 3 is 2.14 bits per heavy atom. The number of likely N-dealkylation sites (tertiary alicyclic amines) is 1. The minimum atomic E-state index is -0.0167. The van der Waals surface area contributed by atoms with Crippen LogP contribution in [0.5, 0.6) is 0 Å². The minimum absolute atomic E-state index is 0.0167. The van der Waals surface area contributed by atoms with Crippen LogP contribution >= 0.6 is 0 Å². The third-order valence-electron chi connectivity index (χ3n) is 5.17. The number of nitrogens with zero attached hydrogens (tertiary/aromatic N) is 1. The molecule has 0 saturated carbocycles. The van der Waals surface area contributed by atoms with Crippen LogP contribution in [-0.4, -0.2) is 59.9 Å². The van der Waals surface area contributed by atoms with Crippen molar-refractivity contribution in [3.63, 3.8) is 0 Å². The van der Waals surface area contributed by atoms with E-state index in [1.165, 1.54) is 0 Å². The Kier molecular flexibility index (Phi) is 11.7. The van der Waals surface area contributed by atoms with E-state index in [1.54, 1.807) is 0 Å². The summed E-state index contributed by atoms with van der Waals surface area (Å²) in [5.74, 6) is 0.341. The number of hydrogen-bond donors (Lipinski definition) is 0. The fraction of sp³-hybridized carbons (Fsp3) is 0.870. The predicted molar refractivity (Wildman–Crippen MR) is 114 cm³/mol. The average Bonchev–Trinajstić information content (AvgIpc) is 3.03. The Hall–Kier alpha value is -1.27. The van der Waals surface area contributed by atoms with Gasteiger partial charge in [-0.3, -0.25) is 14.4 Å². The normalized spacial score (nSPS) is 19.6. The molecular formula is C23H41NO5. The highest BCUT2D eigenvalue weighted by molar-refractivity contribution is 5.86. The van der Waals surface area contributed by atoms with Crippen LogP contribution < -0.4 is 0 Å². The van der Waals surface area contributed by atoms with Crippen molar-refractivity contribution in [1.82, 2.24) is 4.90 Å². The summed E-state index contributed by atoms with van der Waals surface area (Å²) in [5, 5.41) is 0. The number of ether oxygens (including phenoxy) is 2. The van der Waals surface area contributed by atoms with Gasteiger partial charge in [0.05, 0.1) is 31.0 Å².